The maximum absolute atomic E-state index is 13.1. The number of amides is 3. The van der Waals surface area contributed by atoms with Gasteiger partial charge in [-0.05, 0) is 31.9 Å². The molecule has 2 atom stereocenters. The van der Waals surface area contributed by atoms with Crippen LogP contribution in [0.15, 0.2) is 24.3 Å². The van der Waals surface area contributed by atoms with Gasteiger partial charge in [0.25, 0.3) is 11.8 Å². The van der Waals surface area contributed by atoms with Crippen LogP contribution in [0.3, 0.4) is 0 Å². The van der Waals surface area contributed by atoms with E-state index in [1.165, 1.54) is 18.9 Å². The summed E-state index contributed by atoms with van der Waals surface area (Å²) in [5, 5.41) is 0. The van der Waals surface area contributed by atoms with Crippen LogP contribution in [-0.2, 0) is 19.1 Å². The summed E-state index contributed by atoms with van der Waals surface area (Å²) in [6, 6.07) is 5.54. The van der Waals surface area contributed by atoms with E-state index < -0.39 is 29.7 Å². The SMILES string of the molecule is COC(=O)CCN(CC1CCCO1)C(=O)C(C)N1C(=O)c2ccccc2C1=O. The van der Waals surface area contributed by atoms with E-state index in [1.807, 2.05) is 0 Å². The summed E-state index contributed by atoms with van der Waals surface area (Å²) < 4.78 is 10.3. The largest absolute Gasteiger partial charge is 0.469 e. The molecule has 0 aromatic heterocycles. The molecule has 0 saturated carbocycles. The van der Waals surface area contributed by atoms with Crippen molar-refractivity contribution in [2.24, 2.45) is 0 Å². The Hall–Kier alpha value is -2.74. The molecule has 3 rings (SSSR count). The summed E-state index contributed by atoms with van der Waals surface area (Å²) in [6.07, 6.45) is 1.65. The Balaban J connectivity index is 1.76. The van der Waals surface area contributed by atoms with Crippen LogP contribution in [0.5, 0.6) is 0 Å². The van der Waals surface area contributed by atoms with Crippen molar-refractivity contribution in [1.29, 1.82) is 0 Å². The zero-order valence-electron chi connectivity index (χ0n) is 16.1. The number of fused-ring (bicyclic) bond motifs is 1. The van der Waals surface area contributed by atoms with Gasteiger partial charge in [0.15, 0.2) is 0 Å². The molecule has 8 heteroatoms. The van der Waals surface area contributed by atoms with Crippen molar-refractivity contribution in [2.45, 2.75) is 38.3 Å². The molecule has 0 spiro atoms. The fourth-order valence-electron chi connectivity index (χ4n) is 3.59. The maximum atomic E-state index is 13.1. The van der Waals surface area contributed by atoms with E-state index in [4.69, 9.17) is 4.74 Å². The topological polar surface area (TPSA) is 93.2 Å². The molecule has 2 unspecified atom stereocenters. The molecule has 0 bridgehead atoms. The van der Waals surface area contributed by atoms with Crippen molar-refractivity contribution in [3.63, 3.8) is 0 Å². The number of carbonyl (C=O) groups is 4. The number of rotatable bonds is 7. The van der Waals surface area contributed by atoms with Gasteiger partial charge in [-0.3, -0.25) is 24.1 Å². The number of benzene rings is 1. The van der Waals surface area contributed by atoms with Crippen LogP contribution in [0.1, 0.15) is 46.9 Å². The van der Waals surface area contributed by atoms with Gasteiger partial charge in [-0.15, -0.1) is 0 Å². The number of esters is 1. The molecule has 0 aliphatic carbocycles. The minimum absolute atomic E-state index is 0.0315. The predicted molar refractivity (Wildman–Crippen MR) is 98.6 cm³/mol. The molecule has 8 nitrogen and oxygen atoms in total. The van der Waals surface area contributed by atoms with Crippen LogP contribution in [0.4, 0.5) is 0 Å². The Morgan fingerprint density at radius 1 is 1.25 bits per heavy atom. The number of hydrogen-bond donors (Lipinski definition) is 0. The molecule has 3 amide bonds. The first-order chi connectivity index (χ1) is 13.4. The smallest absolute Gasteiger partial charge is 0.307 e. The van der Waals surface area contributed by atoms with Gasteiger partial charge >= 0.3 is 5.97 Å². The van der Waals surface area contributed by atoms with E-state index in [2.05, 4.69) is 4.74 Å². The van der Waals surface area contributed by atoms with Gasteiger partial charge in [0.2, 0.25) is 5.91 Å². The van der Waals surface area contributed by atoms with E-state index in [0.717, 1.165) is 17.7 Å². The molecule has 0 N–H and O–H groups in total. The Morgan fingerprint density at radius 2 is 1.89 bits per heavy atom. The molecule has 150 valence electrons. The van der Waals surface area contributed by atoms with Gasteiger partial charge in [-0.25, -0.2) is 0 Å². The van der Waals surface area contributed by atoms with Crippen molar-refractivity contribution in [1.82, 2.24) is 9.80 Å². The van der Waals surface area contributed by atoms with Gasteiger partial charge in [-0.2, -0.15) is 0 Å². The second-order valence-corrected chi connectivity index (χ2v) is 6.95. The molecule has 1 saturated heterocycles. The average Bonchev–Trinajstić information content (AvgIpc) is 3.31. The lowest BCUT2D eigenvalue weighted by atomic mass is 10.1. The number of imide groups is 1. The van der Waals surface area contributed by atoms with Crippen molar-refractivity contribution >= 4 is 23.7 Å². The molecule has 2 aliphatic rings. The molecule has 2 aliphatic heterocycles. The van der Waals surface area contributed by atoms with Gasteiger partial charge in [-0.1, -0.05) is 12.1 Å². The van der Waals surface area contributed by atoms with Crippen LogP contribution >= 0.6 is 0 Å². The monoisotopic (exact) mass is 388 g/mol. The van der Waals surface area contributed by atoms with E-state index in [0.29, 0.717) is 24.3 Å². The minimum Gasteiger partial charge on any atom is -0.469 e. The quantitative estimate of drug-likeness (QED) is 0.515. The van der Waals surface area contributed by atoms with Crippen molar-refractivity contribution in [3.05, 3.63) is 35.4 Å². The third kappa shape index (κ3) is 3.91. The van der Waals surface area contributed by atoms with E-state index >= 15 is 0 Å². The number of ether oxygens (including phenoxy) is 2. The summed E-state index contributed by atoms with van der Waals surface area (Å²) in [5.74, 6) is -1.79. The summed E-state index contributed by atoms with van der Waals surface area (Å²) in [5.41, 5.74) is 0.597. The lowest BCUT2D eigenvalue weighted by Crippen LogP contribution is -2.51. The van der Waals surface area contributed by atoms with Crippen LogP contribution in [0, 0.1) is 0 Å². The van der Waals surface area contributed by atoms with E-state index in [9.17, 15) is 19.2 Å². The summed E-state index contributed by atoms with van der Waals surface area (Å²) in [6.45, 7) is 2.62. The van der Waals surface area contributed by atoms with E-state index in [1.54, 1.807) is 24.3 Å². The molecular formula is C20H24N2O6. The summed E-state index contributed by atoms with van der Waals surface area (Å²) in [4.78, 5) is 52.5. The molecule has 2 heterocycles. The highest BCUT2D eigenvalue weighted by molar-refractivity contribution is 6.22. The zero-order chi connectivity index (χ0) is 20.3. The predicted octanol–water partition coefficient (Wildman–Crippen LogP) is 1.24. The van der Waals surface area contributed by atoms with Gasteiger partial charge in [0.05, 0.1) is 30.8 Å². The average molecular weight is 388 g/mol. The molecule has 28 heavy (non-hydrogen) atoms. The molecule has 1 aromatic rings. The zero-order valence-corrected chi connectivity index (χ0v) is 16.1. The maximum Gasteiger partial charge on any atom is 0.307 e. The van der Waals surface area contributed by atoms with Gasteiger partial charge in [0, 0.05) is 19.7 Å². The lowest BCUT2D eigenvalue weighted by Gasteiger charge is -2.30. The second kappa shape index (κ2) is 8.52. The number of carbonyl (C=O) groups excluding carboxylic acids is 4. The van der Waals surface area contributed by atoms with Gasteiger partial charge < -0.3 is 14.4 Å². The Labute approximate surface area is 163 Å². The van der Waals surface area contributed by atoms with Crippen molar-refractivity contribution < 1.29 is 28.7 Å². The van der Waals surface area contributed by atoms with Crippen LogP contribution in [0.25, 0.3) is 0 Å². The Bertz CT molecular complexity index is 752. The van der Waals surface area contributed by atoms with Crippen LogP contribution in [0.2, 0.25) is 0 Å². The summed E-state index contributed by atoms with van der Waals surface area (Å²) >= 11 is 0. The number of methoxy groups -OCH3 is 1. The second-order valence-electron chi connectivity index (χ2n) is 6.95. The highest BCUT2D eigenvalue weighted by atomic mass is 16.5. The highest BCUT2D eigenvalue weighted by Crippen LogP contribution is 2.25. The standard InChI is InChI=1S/C20H24N2O6/c1-13(22-19(25)15-7-3-4-8-16(15)20(22)26)18(24)21(10-9-17(23)27-2)12-14-6-5-11-28-14/h3-4,7-8,13-14H,5-6,9-12H2,1-2H3. The van der Waals surface area contributed by atoms with Crippen molar-refractivity contribution in [3.8, 4) is 0 Å². The summed E-state index contributed by atoms with van der Waals surface area (Å²) in [7, 11) is 1.29. The first kappa shape index (κ1) is 20.0. The Kier molecular flexibility index (Phi) is 6.08. The molecular weight excluding hydrogens is 364 g/mol. The first-order valence-electron chi connectivity index (χ1n) is 9.38. The Morgan fingerprint density at radius 3 is 2.43 bits per heavy atom. The fourth-order valence-corrected chi connectivity index (χ4v) is 3.59. The number of hydrogen-bond acceptors (Lipinski definition) is 6. The van der Waals surface area contributed by atoms with Gasteiger partial charge in [0.1, 0.15) is 6.04 Å². The molecule has 1 aromatic carbocycles. The fraction of sp³-hybridized carbons (Fsp3) is 0.500. The lowest BCUT2D eigenvalue weighted by molar-refractivity contribution is -0.143. The third-order valence-corrected chi connectivity index (χ3v) is 5.14. The minimum atomic E-state index is -0.980. The first-order valence-corrected chi connectivity index (χ1v) is 9.38. The normalized spacial score (nSPS) is 19.5. The van der Waals surface area contributed by atoms with Crippen LogP contribution < -0.4 is 0 Å². The van der Waals surface area contributed by atoms with Crippen LogP contribution in [-0.4, -0.2) is 72.4 Å². The number of nitrogens with zero attached hydrogens (tertiary/aromatic N) is 2. The molecule has 1 fully saturated rings. The molecule has 0 radical (unpaired) electrons. The third-order valence-electron chi connectivity index (χ3n) is 5.14. The van der Waals surface area contributed by atoms with Crippen molar-refractivity contribution in [2.75, 3.05) is 26.8 Å². The highest BCUT2D eigenvalue weighted by Gasteiger charge is 2.42. The van der Waals surface area contributed by atoms with E-state index in [-0.39, 0.29) is 19.1 Å².